The maximum atomic E-state index is 13.1. The summed E-state index contributed by atoms with van der Waals surface area (Å²) in [6.45, 7) is 5.98. The van der Waals surface area contributed by atoms with E-state index in [1.54, 1.807) is 30.6 Å². The van der Waals surface area contributed by atoms with E-state index in [9.17, 15) is 29.4 Å². The molecule has 13 nitrogen and oxygen atoms in total. The van der Waals surface area contributed by atoms with Gasteiger partial charge in [-0.25, -0.2) is 0 Å². The van der Waals surface area contributed by atoms with Gasteiger partial charge in [-0.1, -0.05) is 32.0 Å². The first-order valence-electron chi connectivity index (χ1n) is 17.4. The van der Waals surface area contributed by atoms with E-state index in [-0.39, 0.29) is 61.1 Å². The fraction of sp³-hybridized carbons (Fsp3) is 0.368. The molecule has 3 aromatic carbocycles. The van der Waals surface area contributed by atoms with E-state index >= 15 is 0 Å². The lowest BCUT2D eigenvalue weighted by Crippen LogP contribution is -2.52. The minimum atomic E-state index is -0.711. The maximum absolute atomic E-state index is 13.1. The number of rotatable bonds is 9. The summed E-state index contributed by atoms with van der Waals surface area (Å²) in [5.41, 5.74) is 5.00. The summed E-state index contributed by atoms with van der Waals surface area (Å²) in [6, 6.07) is 15.8. The van der Waals surface area contributed by atoms with Crippen LogP contribution < -0.4 is 10.6 Å². The molecular weight excluding hydrogens is 650 g/mol. The Morgan fingerprint density at radius 3 is 2.47 bits per heavy atom. The van der Waals surface area contributed by atoms with Gasteiger partial charge in [0.1, 0.15) is 23.9 Å². The zero-order chi connectivity index (χ0) is 35.8. The molecule has 1 aromatic heterocycles. The highest BCUT2D eigenvalue weighted by Gasteiger charge is 2.40. The number of carbonyl (C=O) groups is 4. The number of imide groups is 1. The summed E-state index contributed by atoms with van der Waals surface area (Å²) in [5.74, 6) is -0.216. The molecule has 3 aliphatic rings. The molecule has 0 radical (unpaired) electrons. The standard InChI is InChI=1S/C38H41N7O6/c1-22(2)27-17-28(33(47)18-32(27)46)36-42-39-21-45(36)25-8-6-23(7-9-25)16-24-12-14-43(15-13-24)20-35(49)40-30-5-3-4-26-29(30)19-44(38(26)51)31-10-11-34(48)41-37(31)50/h3-9,17-18,21-22,24,31,46-47H,10-16,19-20H2,1-2H3,(H,40,49)(H,41,48,50). The fourth-order valence-electron chi connectivity index (χ4n) is 7.41. The average molecular weight is 692 g/mol. The minimum absolute atomic E-state index is 0.0474. The molecule has 7 rings (SSSR count). The van der Waals surface area contributed by atoms with Gasteiger partial charge in [-0.2, -0.15) is 0 Å². The topological polar surface area (TPSA) is 170 Å². The summed E-state index contributed by atoms with van der Waals surface area (Å²) < 4.78 is 1.82. The zero-order valence-corrected chi connectivity index (χ0v) is 28.6. The van der Waals surface area contributed by atoms with Crippen LogP contribution in [0.2, 0.25) is 0 Å². The Morgan fingerprint density at radius 2 is 1.75 bits per heavy atom. The molecule has 4 N–H and O–H groups in total. The normalized spacial score (nSPS) is 18.3. The summed E-state index contributed by atoms with van der Waals surface area (Å²) in [4.78, 5) is 54.0. The van der Waals surface area contributed by atoms with Gasteiger partial charge in [0.2, 0.25) is 17.7 Å². The maximum Gasteiger partial charge on any atom is 0.255 e. The molecule has 13 heteroatoms. The number of hydrogen-bond donors (Lipinski definition) is 4. The Morgan fingerprint density at radius 1 is 0.980 bits per heavy atom. The first-order chi connectivity index (χ1) is 24.5. The van der Waals surface area contributed by atoms with Crippen molar-refractivity contribution < 1.29 is 29.4 Å². The number of fused-ring (bicyclic) bond motifs is 1. The third-order valence-electron chi connectivity index (χ3n) is 10.2. The molecule has 1 atom stereocenters. The average Bonchev–Trinajstić information content (AvgIpc) is 3.71. The molecule has 4 amide bonds. The summed E-state index contributed by atoms with van der Waals surface area (Å²) in [7, 11) is 0. The lowest BCUT2D eigenvalue weighted by Gasteiger charge is -2.31. The number of phenols is 2. The predicted molar refractivity (Wildman–Crippen MR) is 188 cm³/mol. The van der Waals surface area contributed by atoms with Crippen LogP contribution in [0.5, 0.6) is 11.5 Å². The Bertz CT molecular complexity index is 2000. The van der Waals surface area contributed by atoms with E-state index in [0.29, 0.717) is 34.1 Å². The van der Waals surface area contributed by atoms with Crippen LogP contribution in [-0.2, 0) is 27.3 Å². The smallest absolute Gasteiger partial charge is 0.255 e. The number of likely N-dealkylation sites (tertiary alicyclic amines) is 1. The number of anilines is 1. The van der Waals surface area contributed by atoms with Crippen molar-refractivity contribution in [2.24, 2.45) is 5.92 Å². The van der Waals surface area contributed by atoms with Crippen LogP contribution >= 0.6 is 0 Å². The molecule has 2 saturated heterocycles. The van der Waals surface area contributed by atoms with Gasteiger partial charge in [0.15, 0.2) is 5.82 Å². The van der Waals surface area contributed by atoms with Gasteiger partial charge in [-0.3, -0.25) is 34.0 Å². The van der Waals surface area contributed by atoms with Gasteiger partial charge < -0.3 is 20.4 Å². The van der Waals surface area contributed by atoms with Crippen LogP contribution in [0.1, 0.15) is 72.5 Å². The number of amides is 4. The molecule has 264 valence electrons. The molecule has 3 aliphatic heterocycles. The highest BCUT2D eigenvalue weighted by Crippen LogP contribution is 2.38. The molecule has 0 spiro atoms. The van der Waals surface area contributed by atoms with Crippen LogP contribution in [0, 0.1) is 5.92 Å². The Labute approximate surface area is 295 Å². The largest absolute Gasteiger partial charge is 0.508 e. The van der Waals surface area contributed by atoms with Gasteiger partial charge in [-0.05, 0) is 92.1 Å². The van der Waals surface area contributed by atoms with Gasteiger partial charge >= 0.3 is 0 Å². The number of piperidine rings is 2. The number of carbonyl (C=O) groups excluding carboxylic acids is 4. The summed E-state index contributed by atoms with van der Waals surface area (Å²) in [5, 5.41) is 34.6. The predicted octanol–water partition coefficient (Wildman–Crippen LogP) is 4.12. The van der Waals surface area contributed by atoms with Crippen molar-refractivity contribution in [3.8, 4) is 28.6 Å². The zero-order valence-electron chi connectivity index (χ0n) is 28.6. The molecule has 4 heterocycles. The van der Waals surface area contributed by atoms with Crippen LogP contribution in [-0.4, -0.2) is 84.1 Å². The molecule has 0 aliphatic carbocycles. The second-order valence-corrected chi connectivity index (χ2v) is 14.0. The fourth-order valence-corrected chi connectivity index (χ4v) is 7.41. The van der Waals surface area contributed by atoms with Crippen molar-refractivity contribution in [2.45, 2.75) is 64.5 Å². The number of aromatic nitrogens is 3. The molecular formula is C38H41N7O6. The van der Waals surface area contributed by atoms with Crippen molar-refractivity contribution in [3.05, 3.63) is 83.2 Å². The third kappa shape index (κ3) is 6.93. The van der Waals surface area contributed by atoms with Gasteiger partial charge in [0.25, 0.3) is 5.91 Å². The number of benzene rings is 3. The third-order valence-corrected chi connectivity index (χ3v) is 10.2. The minimum Gasteiger partial charge on any atom is -0.508 e. The van der Waals surface area contributed by atoms with Crippen molar-refractivity contribution in [2.75, 3.05) is 25.0 Å². The van der Waals surface area contributed by atoms with Crippen LogP contribution in [0.15, 0.2) is 60.9 Å². The second-order valence-electron chi connectivity index (χ2n) is 14.0. The van der Waals surface area contributed by atoms with E-state index in [4.69, 9.17) is 0 Å². The number of hydrogen-bond acceptors (Lipinski definition) is 9. The summed E-state index contributed by atoms with van der Waals surface area (Å²) >= 11 is 0. The molecule has 4 aromatic rings. The Balaban J connectivity index is 0.922. The number of aromatic hydroxyl groups is 2. The summed E-state index contributed by atoms with van der Waals surface area (Å²) in [6.07, 6.45) is 4.91. The Hall–Kier alpha value is -5.56. The highest BCUT2D eigenvalue weighted by atomic mass is 16.3. The highest BCUT2D eigenvalue weighted by molar-refractivity contribution is 6.06. The number of nitrogens with one attached hydrogen (secondary N) is 2. The quantitative estimate of drug-likeness (QED) is 0.189. The van der Waals surface area contributed by atoms with Gasteiger partial charge in [-0.15, -0.1) is 10.2 Å². The van der Waals surface area contributed by atoms with Crippen molar-refractivity contribution in [3.63, 3.8) is 0 Å². The van der Waals surface area contributed by atoms with Gasteiger partial charge in [0, 0.05) is 41.5 Å². The van der Waals surface area contributed by atoms with Gasteiger partial charge in [0.05, 0.1) is 12.1 Å². The van der Waals surface area contributed by atoms with E-state index in [1.807, 2.05) is 30.5 Å². The molecule has 1 unspecified atom stereocenters. The second kappa shape index (κ2) is 14.0. The van der Waals surface area contributed by atoms with E-state index in [2.05, 4.69) is 37.9 Å². The molecule has 0 saturated carbocycles. The van der Waals surface area contributed by atoms with Crippen LogP contribution in [0.4, 0.5) is 5.69 Å². The molecule has 2 fully saturated rings. The van der Waals surface area contributed by atoms with E-state index < -0.39 is 11.9 Å². The van der Waals surface area contributed by atoms with Crippen molar-refractivity contribution in [1.82, 2.24) is 29.9 Å². The SMILES string of the molecule is CC(C)c1cc(-c2nncn2-c2ccc(CC3CCN(CC(=O)Nc4cccc5c4CN(C4CCC(=O)NC4=O)C5=O)CC3)cc2)c(O)cc1O. The van der Waals surface area contributed by atoms with E-state index in [0.717, 1.165) is 43.6 Å². The monoisotopic (exact) mass is 691 g/mol. The van der Waals surface area contributed by atoms with Crippen LogP contribution in [0.25, 0.3) is 17.1 Å². The molecule has 51 heavy (non-hydrogen) atoms. The first-order valence-corrected chi connectivity index (χ1v) is 17.4. The van der Waals surface area contributed by atoms with Crippen LogP contribution in [0.3, 0.4) is 0 Å². The number of phenolic OH excluding ortho intramolecular Hbond substituents is 2. The van der Waals surface area contributed by atoms with Crippen molar-refractivity contribution in [1.29, 1.82) is 0 Å². The Kier molecular flexibility index (Phi) is 9.30. The van der Waals surface area contributed by atoms with E-state index in [1.165, 1.54) is 16.5 Å². The molecule has 0 bridgehead atoms. The first kappa shape index (κ1) is 33.9. The number of nitrogens with zero attached hydrogens (tertiary/aromatic N) is 5. The lowest BCUT2D eigenvalue weighted by atomic mass is 9.90. The van der Waals surface area contributed by atoms with Crippen molar-refractivity contribution >= 4 is 29.3 Å². The lowest BCUT2D eigenvalue weighted by molar-refractivity contribution is -0.137.